The Morgan fingerprint density at radius 3 is 2.67 bits per heavy atom. The summed E-state index contributed by atoms with van der Waals surface area (Å²) in [6.07, 6.45) is 0.488. The van der Waals surface area contributed by atoms with Gasteiger partial charge in [-0.2, -0.15) is 5.26 Å². The Kier molecular flexibility index (Phi) is 2.57. The van der Waals surface area contributed by atoms with E-state index < -0.39 is 0 Å². The predicted molar refractivity (Wildman–Crippen MR) is 62.0 cm³/mol. The third-order valence-electron chi connectivity index (χ3n) is 2.50. The molecule has 0 atom stereocenters. The Balaban J connectivity index is 2.68. The summed E-state index contributed by atoms with van der Waals surface area (Å²) in [5, 5.41) is 8.59. The molecule has 0 spiro atoms. The van der Waals surface area contributed by atoms with Crippen LogP contribution in [0.4, 0.5) is 0 Å². The molecule has 15 heavy (non-hydrogen) atoms. The van der Waals surface area contributed by atoms with Crippen LogP contribution >= 0.6 is 12.2 Å². The van der Waals surface area contributed by atoms with E-state index in [4.69, 9.17) is 17.5 Å². The minimum absolute atomic E-state index is 0.488. The molecule has 0 aliphatic rings. The standard InChI is InChI=1S/C11H11N3S/c1-13-9-5-2-3-6-10(9)14(11(13)15)8-4-7-12/h2-3,5-6H,4,8H2,1H3. The van der Waals surface area contributed by atoms with Gasteiger partial charge in [-0.25, -0.2) is 0 Å². The number of hydrogen-bond donors (Lipinski definition) is 0. The lowest BCUT2D eigenvalue weighted by Crippen LogP contribution is -1.98. The average molecular weight is 217 g/mol. The Bertz CT molecular complexity index is 586. The van der Waals surface area contributed by atoms with Gasteiger partial charge in [-0.1, -0.05) is 12.1 Å². The highest BCUT2D eigenvalue weighted by Crippen LogP contribution is 2.16. The van der Waals surface area contributed by atoms with Crippen LogP contribution in [0.2, 0.25) is 0 Å². The highest BCUT2D eigenvalue weighted by atomic mass is 32.1. The van der Waals surface area contributed by atoms with E-state index in [9.17, 15) is 0 Å². The molecule has 0 aliphatic heterocycles. The minimum atomic E-state index is 0.488. The van der Waals surface area contributed by atoms with Crippen LogP contribution < -0.4 is 0 Å². The molecule has 1 heterocycles. The molecule has 0 fully saturated rings. The van der Waals surface area contributed by atoms with E-state index in [1.54, 1.807) is 0 Å². The Labute approximate surface area is 93.2 Å². The molecule has 0 radical (unpaired) electrons. The van der Waals surface area contributed by atoms with Crippen molar-refractivity contribution >= 4 is 23.3 Å². The van der Waals surface area contributed by atoms with E-state index in [0.717, 1.165) is 15.8 Å². The monoisotopic (exact) mass is 217 g/mol. The normalized spacial score (nSPS) is 10.4. The molecule has 2 rings (SSSR count). The molecule has 1 aromatic heterocycles. The van der Waals surface area contributed by atoms with Crippen LogP contribution in [0.3, 0.4) is 0 Å². The molecule has 0 aliphatic carbocycles. The lowest BCUT2D eigenvalue weighted by atomic mass is 10.3. The number of nitriles is 1. The zero-order valence-corrected chi connectivity index (χ0v) is 9.29. The maximum atomic E-state index is 8.59. The van der Waals surface area contributed by atoms with Gasteiger partial charge in [0.2, 0.25) is 0 Å². The number of hydrogen-bond acceptors (Lipinski definition) is 2. The number of para-hydroxylation sites is 2. The van der Waals surface area contributed by atoms with Crippen LogP contribution in [0.15, 0.2) is 24.3 Å². The number of benzene rings is 1. The Hall–Kier alpha value is -1.60. The molecule has 76 valence electrons. The summed E-state index contributed by atoms with van der Waals surface area (Å²) in [7, 11) is 1.95. The largest absolute Gasteiger partial charge is 0.320 e. The number of aryl methyl sites for hydroxylation is 2. The summed E-state index contributed by atoms with van der Waals surface area (Å²) < 4.78 is 4.75. The number of rotatable bonds is 2. The molecule has 0 unspecified atom stereocenters. The zero-order chi connectivity index (χ0) is 10.8. The predicted octanol–water partition coefficient (Wildman–Crippen LogP) is 2.62. The first kappa shape index (κ1) is 9.94. The molecule has 0 saturated carbocycles. The van der Waals surface area contributed by atoms with E-state index in [2.05, 4.69) is 6.07 Å². The second kappa shape index (κ2) is 3.87. The van der Waals surface area contributed by atoms with Crippen LogP contribution in [0.25, 0.3) is 11.0 Å². The van der Waals surface area contributed by atoms with Gasteiger partial charge in [0.15, 0.2) is 4.77 Å². The first-order chi connectivity index (χ1) is 7.25. The van der Waals surface area contributed by atoms with E-state index in [-0.39, 0.29) is 0 Å². The Morgan fingerprint density at radius 1 is 1.33 bits per heavy atom. The van der Waals surface area contributed by atoms with Gasteiger partial charge in [0, 0.05) is 13.6 Å². The van der Waals surface area contributed by atoms with Gasteiger partial charge in [-0.3, -0.25) is 0 Å². The molecule has 4 heteroatoms. The highest BCUT2D eigenvalue weighted by molar-refractivity contribution is 7.71. The highest BCUT2D eigenvalue weighted by Gasteiger charge is 2.05. The molecule has 0 saturated heterocycles. The first-order valence-electron chi connectivity index (χ1n) is 4.77. The van der Waals surface area contributed by atoms with E-state index in [0.29, 0.717) is 13.0 Å². The van der Waals surface area contributed by atoms with Gasteiger partial charge >= 0.3 is 0 Å². The fourth-order valence-corrected chi connectivity index (χ4v) is 2.03. The van der Waals surface area contributed by atoms with E-state index >= 15 is 0 Å². The first-order valence-corrected chi connectivity index (χ1v) is 5.17. The van der Waals surface area contributed by atoms with Crippen LogP contribution in [-0.2, 0) is 13.6 Å². The summed E-state index contributed by atoms with van der Waals surface area (Å²) in [5.74, 6) is 0. The maximum Gasteiger partial charge on any atom is 0.180 e. The van der Waals surface area contributed by atoms with Crippen LogP contribution in [0.1, 0.15) is 6.42 Å². The van der Waals surface area contributed by atoms with E-state index in [1.807, 2.05) is 40.4 Å². The lowest BCUT2D eigenvalue weighted by molar-refractivity contribution is 0.702. The molecular formula is C11H11N3S. The second-order valence-corrected chi connectivity index (χ2v) is 3.76. The summed E-state index contributed by atoms with van der Waals surface area (Å²) in [6, 6.07) is 10.2. The van der Waals surface area contributed by atoms with E-state index in [1.165, 1.54) is 0 Å². The van der Waals surface area contributed by atoms with Crippen molar-refractivity contribution in [2.45, 2.75) is 13.0 Å². The van der Waals surface area contributed by atoms with Crippen molar-refractivity contribution in [3.63, 3.8) is 0 Å². The summed E-state index contributed by atoms with van der Waals surface area (Å²) >= 11 is 5.32. The molecule has 1 aromatic carbocycles. The Morgan fingerprint density at radius 2 is 2.00 bits per heavy atom. The van der Waals surface area contributed by atoms with Gasteiger partial charge < -0.3 is 9.13 Å². The quantitative estimate of drug-likeness (QED) is 0.724. The van der Waals surface area contributed by atoms with Gasteiger partial charge in [0.25, 0.3) is 0 Å². The fourth-order valence-electron chi connectivity index (χ4n) is 1.74. The van der Waals surface area contributed by atoms with Crippen molar-refractivity contribution < 1.29 is 0 Å². The van der Waals surface area contributed by atoms with Crippen molar-refractivity contribution in [2.24, 2.45) is 7.05 Å². The van der Waals surface area contributed by atoms with Gasteiger partial charge in [0.05, 0.1) is 23.5 Å². The topological polar surface area (TPSA) is 33.6 Å². The molecule has 2 aromatic rings. The molecule has 0 N–H and O–H groups in total. The van der Waals surface area contributed by atoms with Gasteiger partial charge in [-0.05, 0) is 24.4 Å². The van der Waals surface area contributed by atoms with Crippen LogP contribution in [0.5, 0.6) is 0 Å². The van der Waals surface area contributed by atoms with Crippen molar-refractivity contribution in [2.75, 3.05) is 0 Å². The third-order valence-corrected chi connectivity index (χ3v) is 2.99. The van der Waals surface area contributed by atoms with Crippen LogP contribution in [-0.4, -0.2) is 9.13 Å². The average Bonchev–Trinajstić information content (AvgIpc) is 2.51. The van der Waals surface area contributed by atoms with Crippen molar-refractivity contribution in [3.05, 3.63) is 29.0 Å². The van der Waals surface area contributed by atoms with Crippen molar-refractivity contribution in [1.82, 2.24) is 9.13 Å². The zero-order valence-electron chi connectivity index (χ0n) is 8.47. The maximum absolute atomic E-state index is 8.59. The molecular weight excluding hydrogens is 206 g/mol. The molecule has 3 nitrogen and oxygen atoms in total. The molecule has 0 amide bonds. The fraction of sp³-hybridized carbons (Fsp3) is 0.273. The third kappa shape index (κ3) is 1.55. The minimum Gasteiger partial charge on any atom is -0.320 e. The summed E-state index contributed by atoms with van der Waals surface area (Å²) in [5.41, 5.74) is 2.21. The van der Waals surface area contributed by atoms with Gasteiger partial charge in [0.1, 0.15) is 0 Å². The smallest absolute Gasteiger partial charge is 0.180 e. The number of fused-ring (bicyclic) bond motifs is 1. The van der Waals surface area contributed by atoms with Gasteiger partial charge in [-0.15, -0.1) is 0 Å². The van der Waals surface area contributed by atoms with Crippen LogP contribution in [0, 0.1) is 16.1 Å². The number of imidazole rings is 1. The summed E-state index contributed by atoms with van der Waals surface area (Å²) in [6.45, 7) is 0.663. The number of aromatic nitrogens is 2. The molecule has 0 bridgehead atoms. The van der Waals surface area contributed by atoms with Crippen molar-refractivity contribution in [3.8, 4) is 6.07 Å². The SMILES string of the molecule is Cn1c(=S)n(CCC#N)c2ccccc21. The lowest BCUT2D eigenvalue weighted by Gasteiger charge is -1.99. The number of nitrogens with zero attached hydrogens (tertiary/aromatic N) is 3. The summed E-state index contributed by atoms with van der Waals surface area (Å²) in [4.78, 5) is 0. The second-order valence-electron chi connectivity index (χ2n) is 3.39. The van der Waals surface area contributed by atoms with Crippen molar-refractivity contribution in [1.29, 1.82) is 5.26 Å².